The molecule has 0 unspecified atom stereocenters. The quantitative estimate of drug-likeness (QED) is 0.916. The second-order valence-corrected chi connectivity index (χ2v) is 5.75. The van der Waals surface area contributed by atoms with E-state index in [2.05, 4.69) is 15.2 Å². The van der Waals surface area contributed by atoms with Crippen LogP contribution in [-0.2, 0) is 6.54 Å². The van der Waals surface area contributed by atoms with Gasteiger partial charge in [-0.05, 0) is 32.4 Å². The molecule has 0 atom stereocenters. The van der Waals surface area contributed by atoms with Crippen molar-refractivity contribution in [2.24, 2.45) is 0 Å². The van der Waals surface area contributed by atoms with Crippen molar-refractivity contribution in [3.8, 4) is 0 Å². The second-order valence-electron chi connectivity index (χ2n) is 4.81. The molecule has 96 valence electrons. The van der Waals surface area contributed by atoms with Gasteiger partial charge < -0.3 is 5.32 Å². The lowest BCUT2D eigenvalue weighted by molar-refractivity contribution is 0.286. The van der Waals surface area contributed by atoms with Crippen LogP contribution in [0.4, 0.5) is 0 Å². The molecular formula is C12H20ClN3S. The number of hydrogen-bond donors (Lipinski definition) is 1. The molecule has 1 N–H and O–H groups in total. The van der Waals surface area contributed by atoms with Crippen LogP contribution in [0.5, 0.6) is 0 Å². The lowest BCUT2D eigenvalue weighted by atomic mass is 10.2. The molecule has 1 saturated carbocycles. The van der Waals surface area contributed by atoms with E-state index in [1.807, 2.05) is 16.8 Å². The van der Waals surface area contributed by atoms with Crippen molar-refractivity contribution < 1.29 is 0 Å². The molecule has 1 aromatic heterocycles. The van der Waals surface area contributed by atoms with Gasteiger partial charge in [0.05, 0.1) is 11.2 Å². The van der Waals surface area contributed by atoms with E-state index in [-0.39, 0.29) is 12.4 Å². The van der Waals surface area contributed by atoms with Gasteiger partial charge in [-0.3, -0.25) is 4.90 Å². The normalized spacial score (nSPS) is 21.9. The van der Waals surface area contributed by atoms with Gasteiger partial charge in [0.15, 0.2) is 0 Å². The molecule has 3 rings (SSSR count). The van der Waals surface area contributed by atoms with Crippen molar-refractivity contribution >= 4 is 23.7 Å². The van der Waals surface area contributed by atoms with Crippen molar-refractivity contribution in [1.29, 1.82) is 0 Å². The Morgan fingerprint density at radius 2 is 2.24 bits per heavy atom. The molecular weight excluding hydrogens is 254 g/mol. The largest absolute Gasteiger partial charge is 0.315 e. The average Bonchev–Trinajstić information content (AvgIpc) is 3.07. The highest BCUT2D eigenvalue weighted by Gasteiger charge is 2.28. The van der Waals surface area contributed by atoms with E-state index in [0.29, 0.717) is 0 Å². The predicted molar refractivity (Wildman–Crippen MR) is 74.1 cm³/mol. The maximum absolute atomic E-state index is 4.54. The highest BCUT2D eigenvalue weighted by molar-refractivity contribution is 7.09. The first kappa shape index (κ1) is 13.3. The predicted octanol–water partition coefficient (Wildman–Crippen LogP) is 2.24. The molecule has 0 bridgehead atoms. The summed E-state index contributed by atoms with van der Waals surface area (Å²) in [4.78, 5) is 8.63. The SMILES string of the molecule is Cl.c1nc(C2CC2)c(CN2CCCNCC2)s1. The molecule has 17 heavy (non-hydrogen) atoms. The van der Waals surface area contributed by atoms with Gasteiger partial charge in [-0.15, -0.1) is 23.7 Å². The fourth-order valence-electron chi connectivity index (χ4n) is 2.35. The van der Waals surface area contributed by atoms with Crippen LogP contribution in [0.2, 0.25) is 0 Å². The van der Waals surface area contributed by atoms with Gasteiger partial charge in [0.25, 0.3) is 0 Å². The summed E-state index contributed by atoms with van der Waals surface area (Å²) in [5.74, 6) is 0.798. The maximum Gasteiger partial charge on any atom is 0.0798 e. The minimum Gasteiger partial charge on any atom is -0.315 e. The number of rotatable bonds is 3. The topological polar surface area (TPSA) is 28.2 Å². The minimum absolute atomic E-state index is 0. The van der Waals surface area contributed by atoms with Gasteiger partial charge in [0.2, 0.25) is 0 Å². The number of hydrogen-bond acceptors (Lipinski definition) is 4. The third-order valence-corrected chi connectivity index (χ3v) is 4.27. The van der Waals surface area contributed by atoms with Crippen LogP contribution < -0.4 is 5.32 Å². The van der Waals surface area contributed by atoms with Crippen molar-refractivity contribution in [1.82, 2.24) is 15.2 Å². The van der Waals surface area contributed by atoms with Crippen molar-refractivity contribution in [3.63, 3.8) is 0 Å². The van der Waals surface area contributed by atoms with Crippen LogP contribution in [0.3, 0.4) is 0 Å². The Kier molecular flexibility index (Phi) is 4.79. The molecule has 0 aromatic carbocycles. The lowest BCUT2D eigenvalue weighted by Crippen LogP contribution is -2.27. The molecule has 1 aromatic rings. The summed E-state index contributed by atoms with van der Waals surface area (Å²) in [6, 6.07) is 0. The van der Waals surface area contributed by atoms with Gasteiger partial charge in [0, 0.05) is 30.4 Å². The zero-order valence-corrected chi connectivity index (χ0v) is 11.7. The third-order valence-electron chi connectivity index (χ3n) is 3.44. The summed E-state index contributed by atoms with van der Waals surface area (Å²) in [5.41, 5.74) is 3.43. The number of nitrogens with one attached hydrogen (secondary N) is 1. The highest BCUT2D eigenvalue weighted by atomic mass is 35.5. The Bertz CT molecular complexity index is 343. The van der Waals surface area contributed by atoms with E-state index in [0.717, 1.165) is 19.0 Å². The van der Waals surface area contributed by atoms with Gasteiger partial charge in [0.1, 0.15) is 0 Å². The number of halogens is 1. The van der Waals surface area contributed by atoms with E-state index >= 15 is 0 Å². The standard InChI is InChI=1S/C12H19N3S.ClH/c1-4-13-5-7-15(6-1)8-11-12(10-2-3-10)14-9-16-11;/h9-10,13H,1-8H2;1H. The van der Waals surface area contributed by atoms with Gasteiger partial charge in [-0.2, -0.15) is 0 Å². The van der Waals surface area contributed by atoms with Crippen LogP contribution in [-0.4, -0.2) is 36.1 Å². The summed E-state index contributed by atoms with van der Waals surface area (Å²) in [6.07, 6.45) is 3.99. The summed E-state index contributed by atoms with van der Waals surface area (Å²) >= 11 is 1.85. The molecule has 2 fully saturated rings. The van der Waals surface area contributed by atoms with Crippen molar-refractivity contribution in [3.05, 3.63) is 16.1 Å². The van der Waals surface area contributed by atoms with Gasteiger partial charge in [-0.1, -0.05) is 0 Å². The fraction of sp³-hybridized carbons (Fsp3) is 0.750. The third kappa shape index (κ3) is 3.41. The molecule has 0 radical (unpaired) electrons. The lowest BCUT2D eigenvalue weighted by Gasteiger charge is -2.18. The van der Waals surface area contributed by atoms with E-state index in [9.17, 15) is 0 Å². The summed E-state index contributed by atoms with van der Waals surface area (Å²) in [7, 11) is 0. The summed E-state index contributed by atoms with van der Waals surface area (Å²) < 4.78 is 0. The Morgan fingerprint density at radius 3 is 3.06 bits per heavy atom. The molecule has 3 nitrogen and oxygen atoms in total. The molecule has 0 amide bonds. The number of aromatic nitrogens is 1. The monoisotopic (exact) mass is 273 g/mol. The first-order valence-electron chi connectivity index (χ1n) is 6.29. The smallest absolute Gasteiger partial charge is 0.0798 e. The fourth-order valence-corrected chi connectivity index (χ4v) is 3.24. The van der Waals surface area contributed by atoms with E-state index in [1.165, 1.54) is 49.5 Å². The molecule has 2 aliphatic rings. The summed E-state index contributed by atoms with van der Waals surface area (Å²) in [6.45, 7) is 5.85. The van der Waals surface area contributed by atoms with Crippen LogP contribution in [0.15, 0.2) is 5.51 Å². The molecule has 5 heteroatoms. The zero-order valence-electron chi connectivity index (χ0n) is 10.0. The van der Waals surface area contributed by atoms with E-state index in [1.54, 1.807) is 0 Å². The van der Waals surface area contributed by atoms with Gasteiger partial charge in [-0.25, -0.2) is 4.98 Å². The van der Waals surface area contributed by atoms with Gasteiger partial charge >= 0.3 is 0 Å². The molecule has 1 aliphatic heterocycles. The zero-order chi connectivity index (χ0) is 10.8. The average molecular weight is 274 g/mol. The van der Waals surface area contributed by atoms with Crippen LogP contribution in [0.1, 0.15) is 35.8 Å². The maximum atomic E-state index is 4.54. The molecule has 1 aliphatic carbocycles. The highest BCUT2D eigenvalue weighted by Crippen LogP contribution is 2.42. The van der Waals surface area contributed by atoms with Crippen molar-refractivity contribution in [2.45, 2.75) is 31.7 Å². The van der Waals surface area contributed by atoms with Crippen molar-refractivity contribution in [2.75, 3.05) is 26.2 Å². The molecule has 2 heterocycles. The summed E-state index contributed by atoms with van der Waals surface area (Å²) in [5, 5.41) is 3.45. The Labute approximate surface area is 113 Å². The van der Waals surface area contributed by atoms with Crippen LogP contribution in [0.25, 0.3) is 0 Å². The second kappa shape index (κ2) is 6.14. The van der Waals surface area contributed by atoms with E-state index in [4.69, 9.17) is 0 Å². The van der Waals surface area contributed by atoms with E-state index < -0.39 is 0 Å². The minimum atomic E-state index is 0. The first-order valence-corrected chi connectivity index (χ1v) is 7.17. The number of thiazole rings is 1. The Morgan fingerprint density at radius 1 is 1.35 bits per heavy atom. The van der Waals surface area contributed by atoms with Crippen LogP contribution in [0, 0.1) is 0 Å². The number of nitrogens with zero attached hydrogens (tertiary/aromatic N) is 2. The molecule has 0 spiro atoms. The Balaban J connectivity index is 0.00000108. The van der Waals surface area contributed by atoms with Crippen LogP contribution >= 0.6 is 23.7 Å². The molecule has 1 saturated heterocycles. The first-order chi connectivity index (χ1) is 7.93. The Hall–Kier alpha value is -0.160.